The fourth-order valence-corrected chi connectivity index (χ4v) is 3.87. The third-order valence-electron chi connectivity index (χ3n) is 5.67. The van der Waals surface area contributed by atoms with Gasteiger partial charge in [0.1, 0.15) is 5.75 Å². The lowest BCUT2D eigenvalue weighted by Crippen LogP contribution is -2.34. The summed E-state index contributed by atoms with van der Waals surface area (Å²) in [6.07, 6.45) is 0.338. The van der Waals surface area contributed by atoms with E-state index in [2.05, 4.69) is 10.3 Å². The molecule has 37 heavy (non-hydrogen) atoms. The van der Waals surface area contributed by atoms with Crippen molar-refractivity contribution >= 4 is 18.0 Å². The van der Waals surface area contributed by atoms with Crippen LogP contribution in [0.5, 0.6) is 5.75 Å². The molecule has 0 aliphatic heterocycles. The minimum atomic E-state index is -5.08. The summed E-state index contributed by atoms with van der Waals surface area (Å²) in [4.78, 5) is 25.9. The number of alkyl halides is 3. The molecule has 4 rings (SSSR count). The fourth-order valence-electron chi connectivity index (χ4n) is 3.87. The van der Waals surface area contributed by atoms with Crippen LogP contribution in [-0.4, -0.2) is 51.0 Å². The number of benzene rings is 2. The van der Waals surface area contributed by atoms with E-state index in [9.17, 15) is 23.1 Å². The number of carboxylic acid groups (broad SMARTS) is 1. The van der Waals surface area contributed by atoms with E-state index >= 15 is 0 Å². The van der Waals surface area contributed by atoms with Gasteiger partial charge in [0.2, 0.25) is 5.91 Å². The van der Waals surface area contributed by atoms with E-state index in [1.54, 1.807) is 20.4 Å². The lowest BCUT2D eigenvalue weighted by molar-refractivity contribution is -0.192. The highest BCUT2D eigenvalue weighted by Gasteiger charge is 2.38. The molecule has 8 nitrogen and oxygen atoms in total. The van der Waals surface area contributed by atoms with E-state index in [-0.39, 0.29) is 5.91 Å². The van der Waals surface area contributed by atoms with Crippen LogP contribution in [0.25, 0.3) is 11.8 Å². The van der Waals surface area contributed by atoms with E-state index in [0.717, 1.165) is 28.1 Å². The van der Waals surface area contributed by atoms with Crippen LogP contribution in [-0.2, 0) is 16.0 Å². The quantitative estimate of drug-likeness (QED) is 0.441. The lowest BCUT2D eigenvalue weighted by atomic mass is 10.1. The van der Waals surface area contributed by atoms with Gasteiger partial charge in [-0.05, 0) is 48.7 Å². The maximum absolute atomic E-state index is 12.8. The fraction of sp³-hybridized carbons (Fsp3) is 0.269. The predicted molar refractivity (Wildman–Crippen MR) is 129 cm³/mol. The van der Waals surface area contributed by atoms with Crippen molar-refractivity contribution in [3.05, 3.63) is 82.9 Å². The Hall–Kier alpha value is -4.12. The molecule has 0 unspecified atom stereocenters. The molecule has 2 atom stereocenters. The van der Waals surface area contributed by atoms with Gasteiger partial charge in [0.25, 0.3) is 0 Å². The third kappa shape index (κ3) is 6.76. The Bertz CT molecular complexity index is 1320. The van der Waals surface area contributed by atoms with Gasteiger partial charge in [0.15, 0.2) is 0 Å². The Morgan fingerprint density at radius 1 is 1.22 bits per heavy atom. The number of carboxylic acids is 1. The number of nitrogens with zero attached hydrogens (tertiary/aromatic N) is 2. The highest BCUT2D eigenvalue weighted by molar-refractivity contribution is 5.97. The van der Waals surface area contributed by atoms with Crippen LogP contribution in [0.1, 0.15) is 35.3 Å². The summed E-state index contributed by atoms with van der Waals surface area (Å²) in [6, 6.07) is 13.2. The number of fused-ring (bicyclic) bond motifs is 1. The number of carbonyl (C=O) groups excluding carboxylic acids is 1. The maximum atomic E-state index is 12.8. The molecule has 0 radical (unpaired) electrons. The number of aliphatic hydroxyl groups is 1. The zero-order valence-electron chi connectivity index (χ0n) is 20.3. The van der Waals surface area contributed by atoms with Crippen LogP contribution in [0.4, 0.5) is 13.2 Å². The molecule has 1 aliphatic carbocycles. The molecule has 3 N–H and O–H groups in total. The number of imidazole rings is 1. The van der Waals surface area contributed by atoms with Crippen LogP contribution >= 0.6 is 0 Å². The summed E-state index contributed by atoms with van der Waals surface area (Å²) in [5.74, 6) is -2.27. The van der Waals surface area contributed by atoms with Crippen molar-refractivity contribution in [1.82, 2.24) is 14.9 Å². The highest BCUT2D eigenvalue weighted by Crippen LogP contribution is 2.31. The van der Waals surface area contributed by atoms with Gasteiger partial charge >= 0.3 is 12.1 Å². The van der Waals surface area contributed by atoms with Crippen molar-refractivity contribution in [1.29, 1.82) is 0 Å². The minimum Gasteiger partial charge on any atom is -0.495 e. The second-order valence-electron chi connectivity index (χ2n) is 8.41. The first-order valence-corrected chi connectivity index (χ1v) is 11.1. The summed E-state index contributed by atoms with van der Waals surface area (Å²) < 4.78 is 39.2. The SMILES string of the molecule is COc1cc(/C=C(\C)C(=O)N[C@@H]2c3ccccc3C[C@@H]2O)ccc1-n1cnc(C)c1.O=C(O)C(F)(F)F. The van der Waals surface area contributed by atoms with Gasteiger partial charge < -0.3 is 24.8 Å². The molecule has 2 aromatic carbocycles. The summed E-state index contributed by atoms with van der Waals surface area (Å²) in [7, 11) is 1.62. The predicted octanol–water partition coefficient (Wildman–Crippen LogP) is 4.00. The second-order valence-corrected chi connectivity index (χ2v) is 8.41. The average Bonchev–Trinajstić information content (AvgIpc) is 3.41. The zero-order valence-corrected chi connectivity index (χ0v) is 20.3. The largest absolute Gasteiger partial charge is 0.495 e. The van der Waals surface area contributed by atoms with E-state index in [1.165, 1.54) is 0 Å². The molecule has 1 amide bonds. The third-order valence-corrected chi connectivity index (χ3v) is 5.67. The van der Waals surface area contributed by atoms with Crippen molar-refractivity contribution in [2.45, 2.75) is 38.6 Å². The van der Waals surface area contributed by atoms with Gasteiger partial charge in [-0.3, -0.25) is 4.79 Å². The van der Waals surface area contributed by atoms with Gasteiger partial charge in [-0.25, -0.2) is 9.78 Å². The number of ether oxygens (including phenoxy) is 1. The van der Waals surface area contributed by atoms with Crippen molar-refractivity contribution in [3.63, 3.8) is 0 Å². The molecule has 1 aliphatic rings. The van der Waals surface area contributed by atoms with Crippen molar-refractivity contribution < 1.29 is 37.7 Å². The van der Waals surface area contributed by atoms with Crippen LogP contribution < -0.4 is 10.1 Å². The number of amides is 1. The highest BCUT2D eigenvalue weighted by atomic mass is 19.4. The smallest absolute Gasteiger partial charge is 0.490 e. The number of methoxy groups -OCH3 is 1. The molecular weight excluding hydrogens is 491 g/mol. The maximum Gasteiger partial charge on any atom is 0.490 e. The number of nitrogens with one attached hydrogen (secondary N) is 1. The van der Waals surface area contributed by atoms with Gasteiger partial charge in [0.05, 0.1) is 37.0 Å². The van der Waals surface area contributed by atoms with E-state index < -0.39 is 24.3 Å². The first-order chi connectivity index (χ1) is 17.4. The minimum absolute atomic E-state index is 0.205. The molecule has 0 bridgehead atoms. The van der Waals surface area contributed by atoms with Crippen molar-refractivity contribution in [2.24, 2.45) is 0 Å². The zero-order chi connectivity index (χ0) is 27.3. The number of hydrogen-bond donors (Lipinski definition) is 3. The first kappa shape index (κ1) is 27.5. The lowest BCUT2D eigenvalue weighted by Gasteiger charge is -2.18. The normalized spacial score (nSPS) is 16.9. The van der Waals surface area contributed by atoms with Gasteiger partial charge in [-0.15, -0.1) is 0 Å². The van der Waals surface area contributed by atoms with Crippen LogP contribution in [0, 0.1) is 6.92 Å². The molecular formula is C26H26F3N3O5. The van der Waals surface area contributed by atoms with E-state index in [4.69, 9.17) is 14.6 Å². The molecule has 1 aromatic heterocycles. The number of aromatic nitrogens is 2. The Morgan fingerprint density at radius 3 is 2.49 bits per heavy atom. The number of aryl methyl sites for hydroxylation is 1. The number of halogens is 3. The molecule has 0 fully saturated rings. The van der Waals surface area contributed by atoms with E-state index in [0.29, 0.717) is 17.7 Å². The first-order valence-electron chi connectivity index (χ1n) is 11.1. The van der Waals surface area contributed by atoms with Gasteiger partial charge in [-0.2, -0.15) is 13.2 Å². The molecule has 0 spiro atoms. The number of carbonyl (C=O) groups is 2. The van der Waals surface area contributed by atoms with Crippen LogP contribution in [0.2, 0.25) is 0 Å². The summed E-state index contributed by atoms with van der Waals surface area (Å²) in [5, 5.41) is 20.5. The number of rotatable bonds is 5. The molecule has 1 heterocycles. The Labute approximate surface area is 211 Å². The molecule has 11 heteroatoms. The Morgan fingerprint density at radius 2 is 1.89 bits per heavy atom. The molecule has 0 saturated heterocycles. The van der Waals surface area contributed by atoms with Crippen molar-refractivity contribution in [3.8, 4) is 11.4 Å². The summed E-state index contributed by atoms with van der Waals surface area (Å²) in [5.41, 5.74) is 5.26. The molecule has 0 saturated carbocycles. The Kier molecular flexibility index (Phi) is 8.38. The topological polar surface area (TPSA) is 114 Å². The summed E-state index contributed by atoms with van der Waals surface area (Å²) in [6.45, 7) is 3.70. The second kappa shape index (κ2) is 11.3. The monoisotopic (exact) mass is 517 g/mol. The Balaban J connectivity index is 0.000000479. The summed E-state index contributed by atoms with van der Waals surface area (Å²) >= 11 is 0. The van der Waals surface area contributed by atoms with Crippen LogP contribution in [0.3, 0.4) is 0 Å². The number of hydrogen-bond acceptors (Lipinski definition) is 5. The van der Waals surface area contributed by atoms with Crippen LogP contribution in [0.15, 0.2) is 60.6 Å². The van der Waals surface area contributed by atoms with Gasteiger partial charge in [0, 0.05) is 18.2 Å². The number of aliphatic hydroxyl groups excluding tert-OH is 1. The van der Waals surface area contributed by atoms with Crippen molar-refractivity contribution in [2.75, 3.05) is 7.11 Å². The van der Waals surface area contributed by atoms with Gasteiger partial charge in [-0.1, -0.05) is 30.3 Å². The number of aliphatic carboxylic acids is 1. The average molecular weight is 518 g/mol. The standard InChI is InChI=1S/C24H25N3O3.C2HF3O2/c1-15(24(29)26-23-19-7-5-4-6-18(19)12-21(23)28)10-17-8-9-20(22(11-17)30-3)27-13-16(2)25-14-27;3-2(4,5)1(6)7/h4-11,13-14,21,23,28H,12H2,1-3H3,(H,26,29);(H,6,7)/b15-10+;/t21-,23+;/m0./s1. The molecule has 3 aromatic rings. The van der Waals surface area contributed by atoms with E-state index in [1.807, 2.05) is 66.2 Å². The molecule has 196 valence electrons.